The Labute approximate surface area is 97.1 Å². The van der Waals surface area contributed by atoms with Crippen molar-refractivity contribution in [1.82, 2.24) is 14.8 Å². The lowest BCUT2D eigenvalue weighted by atomic mass is 10.3. The molecule has 0 saturated carbocycles. The van der Waals surface area contributed by atoms with Crippen LogP contribution in [0.5, 0.6) is 0 Å². The number of aromatic nitrogens is 3. The normalized spacial score (nSPS) is 10.1. The van der Waals surface area contributed by atoms with Gasteiger partial charge in [-0.1, -0.05) is 11.6 Å². The monoisotopic (exact) mass is 236 g/mol. The number of nitrogens with one attached hydrogen (secondary N) is 1. The van der Waals surface area contributed by atoms with E-state index in [0.717, 1.165) is 0 Å². The molecule has 0 spiro atoms. The highest BCUT2D eigenvalue weighted by Gasteiger charge is 2.11. The van der Waals surface area contributed by atoms with Crippen LogP contribution in [0.3, 0.4) is 0 Å². The van der Waals surface area contributed by atoms with Crippen molar-refractivity contribution in [2.45, 2.75) is 0 Å². The molecule has 0 fully saturated rings. The standard InChI is InChI=1S/C10H9ClN4O/c1-15-6-4-8(14-15)13-10(16)7-3-2-5-12-9(7)11/h2-6H,1H3,(H,13,14,16). The Morgan fingerprint density at radius 1 is 1.50 bits per heavy atom. The lowest BCUT2D eigenvalue weighted by molar-refractivity contribution is 0.102. The number of hydrogen-bond donors (Lipinski definition) is 1. The molecular formula is C10H9ClN4O. The van der Waals surface area contributed by atoms with Gasteiger partial charge >= 0.3 is 0 Å². The zero-order valence-corrected chi connectivity index (χ0v) is 9.27. The number of amides is 1. The van der Waals surface area contributed by atoms with Gasteiger partial charge < -0.3 is 5.32 Å². The minimum Gasteiger partial charge on any atom is -0.305 e. The van der Waals surface area contributed by atoms with Gasteiger partial charge in [-0.05, 0) is 12.1 Å². The summed E-state index contributed by atoms with van der Waals surface area (Å²) in [4.78, 5) is 15.6. The molecule has 0 radical (unpaired) electrons. The van der Waals surface area contributed by atoms with E-state index in [0.29, 0.717) is 11.4 Å². The number of carbonyl (C=O) groups is 1. The van der Waals surface area contributed by atoms with Gasteiger partial charge in [0.2, 0.25) is 0 Å². The first-order chi connectivity index (χ1) is 7.66. The molecule has 0 aliphatic carbocycles. The van der Waals surface area contributed by atoms with Crippen LogP contribution in [0, 0.1) is 0 Å². The number of aryl methyl sites for hydroxylation is 1. The zero-order chi connectivity index (χ0) is 11.5. The van der Waals surface area contributed by atoms with Crippen molar-refractivity contribution in [3.63, 3.8) is 0 Å². The smallest absolute Gasteiger partial charge is 0.259 e. The summed E-state index contributed by atoms with van der Waals surface area (Å²) >= 11 is 5.79. The van der Waals surface area contributed by atoms with Gasteiger partial charge in [-0.15, -0.1) is 0 Å². The molecule has 1 amide bonds. The van der Waals surface area contributed by atoms with Crippen LogP contribution in [0.25, 0.3) is 0 Å². The van der Waals surface area contributed by atoms with Crippen molar-refractivity contribution in [2.75, 3.05) is 5.32 Å². The topological polar surface area (TPSA) is 59.8 Å². The maximum atomic E-state index is 11.8. The molecule has 2 rings (SSSR count). The second kappa shape index (κ2) is 4.32. The quantitative estimate of drug-likeness (QED) is 0.808. The van der Waals surface area contributed by atoms with E-state index < -0.39 is 0 Å². The van der Waals surface area contributed by atoms with Gasteiger partial charge in [-0.3, -0.25) is 9.48 Å². The Kier molecular flexibility index (Phi) is 2.87. The maximum Gasteiger partial charge on any atom is 0.259 e. The van der Waals surface area contributed by atoms with E-state index in [1.54, 1.807) is 36.1 Å². The molecule has 5 nitrogen and oxygen atoms in total. The largest absolute Gasteiger partial charge is 0.305 e. The van der Waals surface area contributed by atoms with E-state index in [4.69, 9.17) is 11.6 Å². The Morgan fingerprint density at radius 2 is 2.31 bits per heavy atom. The highest BCUT2D eigenvalue weighted by atomic mass is 35.5. The summed E-state index contributed by atoms with van der Waals surface area (Å²) in [5.41, 5.74) is 0.329. The van der Waals surface area contributed by atoms with E-state index in [1.165, 1.54) is 6.20 Å². The van der Waals surface area contributed by atoms with E-state index >= 15 is 0 Å². The summed E-state index contributed by atoms with van der Waals surface area (Å²) in [6.45, 7) is 0. The van der Waals surface area contributed by atoms with Gasteiger partial charge in [0.15, 0.2) is 5.82 Å². The average molecular weight is 237 g/mol. The number of halogens is 1. The number of nitrogens with zero attached hydrogens (tertiary/aromatic N) is 3. The SMILES string of the molecule is Cn1ccc(NC(=O)c2cccnc2Cl)n1. The van der Waals surface area contributed by atoms with Crippen LogP contribution in [-0.4, -0.2) is 20.7 Å². The minimum atomic E-state index is -0.322. The predicted octanol–water partition coefficient (Wildman–Crippen LogP) is 1.72. The van der Waals surface area contributed by atoms with Gasteiger partial charge in [-0.25, -0.2) is 4.98 Å². The van der Waals surface area contributed by atoms with Crippen LogP contribution in [0.1, 0.15) is 10.4 Å². The molecule has 0 aromatic carbocycles. The lowest BCUT2D eigenvalue weighted by Crippen LogP contribution is -2.13. The van der Waals surface area contributed by atoms with Gasteiger partial charge in [0, 0.05) is 25.5 Å². The Bertz CT molecular complexity index is 523. The van der Waals surface area contributed by atoms with E-state index in [9.17, 15) is 4.79 Å². The highest BCUT2D eigenvalue weighted by molar-refractivity contribution is 6.33. The van der Waals surface area contributed by atoms with Crippen molar-refractivity contribution >= 4 is 23.3 Å². The Morgan fingerprint density at radius 3 is 2.94 bits per heavy atom. The van der Waals surface area contributed by atoms with Crippen molar-refractivity contribution in [2.24, 2.45) is 7.05 Å². The fraction of sp³-hybridized carbons (Fsp3) is 0.100. The van der Waals surface area contributed by atoms with E-state index in [2.05, 4.69) is 15.4 Å². The second-order valence-electron chi connectivity index (χ2n) is 3.17. The van der Waals surface area contributed by atoms with Crippen molar-refractivity contribution in [1.29, 1.82) is 0 Å². The number of anilines is 1. The molecule has 0 atom stereocenters. The molecular weight excluding hydrogens is 228 g/mol. The number of hydrogen-bond acceptors (Lipinski definition) is 3. The zero-order valence-electron chi connectivity index (χ0n) is 8.51. The summed E-state index contributed by atoms with van der Waals surface area (Å²) in [6.07, 6.45) is 3.26. The van der Waals surface area contributed by atoms with Crippen LogP contribution >= 0.6 is 11.6 Å². The van der Waals surface area contributed by atoms with Crippen molar-refractivity contribution in [3.05, 3.63) is 41.3 Å². The van der Waals surface area contributed by atoms with Crippen molar-refractivity contribution < 1.29 is 4.79 Å². The molecule has 2 aromatic rings. The summed E-state index contributed by atoms with van der Waals surface area (Å²) in [5, 5.41) is 6.83. The van der Waals surface area contributed by atoms with Crippen LogP contribution < -0.4 is 5.32 Å². The predicted molar refractivity (Wildman–Crippen MR) is 60.4 cm³/mol. The lowest BCUT2D eigenvalue weighted by Gasteiger charge is -2.02. The molecule has 6 heteroatoms. The highest BCUT2D eigenvalue weighted by Crippen LogP contribution is 2.13. The van der Waals surface area contributed by atoms with Crippen LogP contribution in [0.4, 0.5) is 5.82 Å². The minimum absolute atomic E-state index is 0.177. The van der Waals surface area contributed by atoms with Gasteiger partial charge in [0.05, 0.1) is 5.56 Å². The summed E-state index contributed by atoms with van der Waals surface area (Å²) in [5.74, 6) is 0.157. The molecule has 0 bridgehead atoms. The van der Waals surface area contributed by atoms with Gasteiger partial charge in [0.1, 0.15) is 5.15 Å². The number of rotatable bonds is 2. The molecule has 2 aromatic heterocycles. The fourth-order valence-corrected chi connectivity index (χ4v) is 1.43. The molecule has 0 aliphatic rings. The number of pyridine rings is 1. The first-order valence-corrected chi connectivity index (χ1v) is 4.96. The summed E-state index contributed by atoms with van der Waals surface area (Å²) in [7, 11) is 1.77. The van der Waals surface area contributed by atoms with E-state index in [-0.39, 0.29) is 11.1 Å². The van der Waals surface area contributed by atoms with Gasteiger partial charge in [-0.2, -0.15) is 5.10 Å². The average Bonchev–Trinajstić information content (AvgIpc) is 2.64. The molecule has 0 aliphatic heterocycles. The Hall–Kier alpha value is -1.88. The third kappa shape index (κ3) is 2.20. The van der Waals surface area contributed by atoms with Crippen LogP contribution in [0.15, 0.2) is 30.6 Å². The molecule has 16 heavy (non-hydrogen) atoms. The van der Waals surface area contributed by atoms with Crippen molar-refractivity contribution in [3.8, 4) is 0 Å². The number of carbonyl (C=O) groups excluding carboxylic acids is 1. The summed E-state index contributed by atoms with van der Waals surface area (Å²) in [6, 6.07) is 4.95. The Balaban J connectivity index is 2.18. The molecule has 2 heterocycles. The van der Waals surface area contributed by atoms with Crippen LogP contribution in [-0.2, 0) is 7.05 Å². The molecule has 1 N–H and O–H groups in total. The fourth-order valence-electron chi connectivity index (χ4n) is 1.22. The molecule has 0 unspecified atom stereocenters. The first kappa shape index (κ1) is 10.6. The summed E-state index contributed by atoms with van der Waals surface area (Å²) < 4.78 is 1.60. The third-order valence-electron chi connectivity index (χ3n) is 1.96. The maximum absolute atomic E-state index is 11.8. The molecule has 82 valence electrons. The second-order valence-corrected chi connectivity index (χ2v) is 3.53. The van der Waals surface area contributed by atoms with E-state index in [1.807, 2.05) is 0 Å². The third-order valence-corrected chi connectivity index (χ3v) is 2.26. The molecule has 0 saturated heterocycles. The van der Waals surface area contributed by atoms with Crippen LogP contribution in [0.2, 0.25) is 5.15 Å². The first-order valence-electron chi connectivity index (χ1n) is 4.58. The van der Waals surface area contributed by atoms with Gasteiger partial charge in [0.25, 0.3) is 5.91 Å².